The highest BCUT2D eigenvalue weighted by atomic mass is 19.2. The molecule has 0 aliphatic heterocycles. The van der Waals surface area contributed by atoms with Gasteiger partial charge >= 0.3 is 0 Å². The van der Waals surface area contributed by atoms with E-state index < -0.39 is 28.9 Å². The predicted octanol–water partition coefficient (Wildman–Crippen LogP) is 2.74. The quantitative estimate of drug-likeness (QED) is 0.863. The Labute approximate surface area is 125 Å². The van der Waals surface area contributed by atoms with E-state index in [2.05, 4.69) is 0 Å². The van der Waals surface area contributed by atoms with Crippen molar-refractivity contribution in [2.45, 2.75) is 6.54 Å². The van der Waals surface area contributed by atoms with E-state index >= 15 is 0 Å². The second kappa shape index (κ2) is 7.09. The number of amides is 1. The van der Waals surface area contributed by atoms with Crippen LogP contribution in [0.25, 0.3) is 0 Å². The van der Waals surface area contributed by atoms with Gasteiger partial charge in [-0.25, -0.2) is 13.2 Å². The van der Waals surface area contributed by atoms with Gasteiger partial charge in [0.1, 0.15) is 0 Å². The molecule has 1 amide bonds. The van der Waals surface area contributed by atoms with Gasteiger partial charge < -0.3 is 10.0 Å². The second-order valence-electron chi connectivity index (χ2n) is 4.66. The molecule has 2 aromatic rings. The van der Waals surface area contributed by atoms with Crippen molar-refractivity contribution in [3.63, 3.8) is 0 Å². The highest BCUT2D eigenvalue weighted by Crippen LogP contribution is 2.18. The van der Waals surface area contributed by atoms with E-state index in [9.17, 15) is 18.0 Å². The Morgan fingerprint density at radius 3 is 2.32 bits per heavy atom. The third-order valence-electron chi connectivity index (χ3n) is 3.14. The molecule has 0 unspecified atom stereocenters. The molecular formula is C16H14F3NO2. The van der Waals surface area contributed by atoms with Crippen molar-refractivity contribution in [1.29, 1.82) is 0 Å². The number of carbonyl (C=O) groups is 1. The molecule has 1 N–H and O–H groups in total. The van der Waals surface area contributed by atoms with Crippen LogP contribution in [0.5, 0.6) is 0 Å². The van der Waals surface area contributed by atoms with Crippen LogP contribution in [0.1, 0.15) is 15.9 Å². The highest BCUT2D eigenvalue weighted by Gasteiger charge is 2.23. The van der Waals surface area contributed by atoms with Crippen LogP contribution in [0.4, 0.5) is 13.2 Å². The minimum Gasteiger partial charge on any atom is -0.395 e. The molecule has 0 spiro atoms. The zero-order chi connectivity index (χ0) is 16.1. The fourth-order valence-corrected chi connectivity index (χ4v) is 2.04. The van der Waals surface area contributed by atoms with Gasteiger partial charge in [0.05, 0.1) is 12.2 Å². The first-order valence-corrected chi connectivity index (χ1v) is 6.62. The van der Waals surface area contributed by atoms with Crippen molar-refractivity contribution in [3.8, 4) is 0 Å². The standard InChI is InChI=1S/C16H14F3NO2/c17-13-7-6-12(14(18)15(13)19)16(22)20(8-9-21)10-11-4-2-1-3-5-11/h1-7,21H,8-10H2. The van der Waals surface area contributed by atoms with Gasteiger partial charge in [0.15, 0.2) is 17.5 Å². The maximum atomic E-state index is 13.7. The van der Waals surface area contributed by atoms with E-state index in [0.29, 0.717) is 6.07 Å². The normalized spacial score (nSPS) is 10.5. The summed E-state index contributed by atoms with van der Waals surface area (Å²) in [5, 5.41) is 9.06. The van der Waals surface area contributed by atoms with E-state index in [1.54, 1.807) is 30.3 Å². The Morgan fingerprint density at radius 1 is 1.00 bits per heavy atom. The van der Waals surface area contributed by atoms with Crippen molar-refractivity contribution in [2.24, 2.45) is 0 Å². The van der Waals surface area contributed by atoms with Crippen LogP contribution in [-0.2, 0) is 6.54 Å². The number of aliphatic hydroxyl groups excluding tert-OH is 1. The third kappa shape index (κ3) is 3.46. The number of nitrogens with zero attached hydrogens (tertiary/aromatic N) is 1. The van der Waals surface area contributed by atoms with Gasteiger partial charge in [0, 0.05) is 13.1 Å². The maximum absolute atomic E-state index is 13.7. The molecule has 0 aliphatic carbocycles. The summed E-state index contributed by atoms with van der Waals surface area (Å²) in [6, 6.07) is 10.5. The summed E-state index contributed by atoms with van der Waals surface area (Å²) in [5.41, 5.74) is 0.204. The summed E-state index contributed by atoms with van der Waals surface area (Å²) < 4.78 is 39.9. The summed E-state index contributed by atoms with van der Waals surface area (Å²) in [7, 11) is 0. The summed E-state index contributed by atoms with van der Waals surface area (Å²) in [6.07, 6.45) is 0. The average Bonchev–Trinajstić information content (AvgIpc) is 2.53. The molecule has 0 radical (unpaired) electrons. The molecule has 2 aromatic carbocycles. The molecule has 0 fully saturated rings. The molecule has 0 bridgehead atoms. The fourth-order valence-electron chi connectivity index (χ4n) is 2.04. The minimum atomic E-state index is -1.69. The highest BCUT2D eigenvalue weighted by molar-refractivity contribution is 5.94. The molecule has 116 valence electrons. The van der Waals surface area contributed by atoms with E-state index in [4.69, 9.17) is 5.11 Å². The summed E-state index contributed by atoms with van der Waals surface area (Å²) >= 11 is 0. The van der Waals surface area contributed by atoms with Crippen molar-refractivity contribution in [2.75, 3.05) is 13.2 Å². The number of aliphatic hydroxyl groups is 1. The molecule has 0 aromatic heterocycles. The lowest BCUT2D eigenvalue weighted by Crippen LogP contribution is -2.33. The van der Waals surface area contributed by atoms with E-state index in [1.807, 2.05) is 0 Å². The largest absolute Gasteiger partial charge is 0.395 e. The molecule has 2 rings (SSSR count). The van der Waals surface area contributed by atoms with Crippen molar-refractivity contribution in [1.82, 2.24) is 4.90 Å². The number of hydrogen-bond acceptors (Lipinski definition) is 2. The van der Waals surface area contributed by atoms with Gasteiger partial charge in [-0.1, -0.05) is 30.3 Å². The van der Waals surface area contributed by atoms with Crippen molar-refractivity contribution in [3.05, 3.63) is 71.0 Å². The van der Waals surface area contributed by atoms with Gasteiger partial charge in [-0.3, -0.25) is 4.79 Å². The summed E-state index contributed by atoms with van der Waals surface area (Å²) in [6.45, 7) is -0.255. The van der Waals surface area contributed by atoms with E-state index in [-0.39, 0.29) is 19.7 Å². The molecule has 0 aliphatic rings. The second-order valence-corrected chi connectivity index (χ2v) is 4.66. The first-order chi connectivity index (χ1) is 10.5. The van der Waals surface area contributed by atoms with Gasteiger partial charge in [-0.2, -0.15) is 0 Å². The van der Waals surface area contributed by atoms with Crippen LogP contribution in [-0.4, -0.2) is 29.1 Å². The van der Waals surface area contributed by atoms with Gasteiger partial charge in [-0.15, -0.1) is 0 Å². The molecule has 0 heterocycles. The first kappa shape index (κ1) is 16.0. The van der Waals surface area contributed by atoms with Crippen molar-refractivity contribution < 1.29 is 23.1 Å². The Morgan fingerprint density at radius 2 is 1.68 bits per heavy atom. The average molecular weight is 309 g/mol. The molecular weight excluding hydrogens is 295 g/mol. The van der Waals surface area contributed by atoms with Crippen LogP contribution in [0.3, 0.4) is 0 Å². The lowest BCUT2D eigenvalue weighted by molar-refractivity contribution is 0.0701. The molecule has 3 nitrogen and oxygen atoms in total. The predicted molar refractivity (Wildman–Crippen MR) is 74.6 cm³/mol. The SMILES string of the molecule is O=C(c1ccc(F)c(F)c1F)N(CCO)Cc1ccccc1. The topological polar surface area (TPSA) is 40.5 Å². The Kier molecular flexibility index (Phi) is 5.16. The zero-order valence-corrected chi connectivity index (χ0v) is 11.6. The van der Waals surface area contributed by atoms with Crippen LogP contribution < -0.4 is 0 Å². The molecule has 0 atom stereocenters. The molecule has 0 saturated heterocycles. The maximum Gasteiger partial charge on any atom is 0.257 e. The monoisotopic (exact) mass is 309 g/mol. The third-order valence-corrected chi connectivity index (χ3v) is 3.14. The molecule has 22 heavy (non-hydrogen) atoms. The number of hydrogen-bond donors (Lipinski definition) is 1. The van der Waals surface area contributed by atoms with Crippen molar-refractivity contribution >= 4 is 5.91 Å². The molecule has 6 heteroatoms. The van der Waals surface area contributed by atoms with Gasteiger partial charge in [0.25, 0.3) is 5.91 Å². The first-order valence-electron chi connectivity index (χ1n) is 6.62. The zero-order valence-electron chi connectivity index (χ0n) is 11.6. The summed E-state index contributed by atoms with van der Waals surface area (Å²) in [5.74, 6) is -5.38. The van der Waals surface area contributed by atoms with Crippen LogP contribution in [0.15, 0.2) is 42.5 Å². The van der Waals surface area contributed by atoms with E-state index in [0.717, 1.165) is 11.6 Å². The Bertz CT molecular complexity index is 662. The number of benzene rings is 2. The summed E-state index contributed by atoms with van der Waals surface area (Å²) in [4.78, 5) is 13.5. The van der Waals surface area contributed by atoms with Gasteiger partial charge in [-0.05, 0) is 17.7 Å². The smallest absolute Gasteiger partial charge is 0.257 e. The van der Waals surface area contributed by atoms with Gasteiger partial charge in [0.2, 0.25) is 0 Å². The lowest BCUT2D eigenvalue weighted by atomic mass is 10.1. The minimum absolute atomic E-state index is 0.0494. The van der Waals surface area contributed by atoms with Crippen LogP contribution >= 0.6 is 0 Å². The number of rotatable bonds is 5. The molecule has 0 saturated carbocycles. The number of carbonyl (C=O) groups excluding carboxylic acids is 1. The Balaban J connectivity index is 2.28. The number of halogens is 3. The van der Waals surface area contributed by atoms with E-state index in [1.165, 1.54) is 4.90 Å². The van der Waals surface area contributed by atoms with Crippen LogP contribution in [0.2, 0.25) is 0 Å². The Hall–Kier alpha value is -2.34. The fraction of sp³-hybridized carbons (Fsp3) is 0.188. The lowest BCUT2D eigenvalue weighted by Gasteiger charge is -2.22. The van der Waals surface area contributed by atoms with Crippen LogP contribution in [0, 0.1) is 17.5 Å².